The van der Waals surface area contributed by atoms with E-state index in [1.807, 2.05) is 17.4 Å². The van der Waals surface area contributed by atoms with Crippen molar-refractivity contribution >= 4 is 46.5 Å². The molecule has 2 rings (SSSR count). The van der Waals surface area contributed by atoms with Gasteiger partial charge < -0.3 is 42.0 Å². The molecule has 9 N–H and O–H groups in total. The maximum absolute atomic E-state index is 13.1. The molecule has 0 spiro atoms. The number of aliphatic carboxylic acids is 3. The summed E-state index contributed by atoms with van der Waals surface area (Å²) in [6.07, 6.45) is 0.252. The molecule has 4 unspecified atom stereocenters. The number of para-hydroxylation sites is 1. The van der Waals surface area contributed by atoms with E-state index in [1.54, 1.807) is 18.3 Å². The van der Waals surface area contributed by atoms with Gasteiger partial charge in [0.1, 0.15) is 18.1 Å². The molecule has 3 amide bonds. The van der Waals surface area contributed by atoms with E-state index < -0.39 is 66.2 Å². The van der Waals surface area contributed by atoms with Crippen LogP contribution in [-0.4, -0.2) is 80.1 Å². The van der Waals surface area contributed by atoms with Crippen molar-refractivity contribution in [1.82, 2.24) is 20.9 Å². The lowest BCUT2D eigenvalue weighted by molar-refractivity contribution is -0.147. The predicted molar refractivity (Wildman–Crippen MR) is 128 cm³/mol. The summed E-state index contributed by atoms with van der Waals surface area (Å²) in [5.74, 6) is -6.65. The predicted octanol–water partition coefficient (Wildman–Crippen LogP) is -1.06. The third kappa shape index (κ3) is 8.61. The Morgan fingerprint density at radius 1 is 0.892 bits per heavy atom. The minimum Gasteiger partial charge on any atom is -0.481 e. The van der Waals surface area contributed by atoms with Crippen LogP contribution in [-0.2, 0) is 35.2 Å². The molecule has 14 nitrogen and oxygen atoms in total. The first kappa shape index (κ1) is 28.8. The molecule has 0 aliphatic rings. The third-order valence-corrected chi connectivity index (χ3v) is 5.48. The summed E-state index contributed by atoms with van der Waals surface area (Å²) in [6.45, 7) is 1.26. The average Bonchev–Trinajstić information content (AvgIpc) is 3.23. The molecule has 2 aromatic rings. The number of H-pyrrole nitrogens is 1. The van der Waals surface area contributed by atoms with Crippen molar-refractivity contribution in [1.29, 1.82) is 0 Å². The van der Waals surface area contributed by atoms with Crippen LogP contribution in [0.15, 0.2) is 30.5 Å². The topological polar surface area (TPSA) is 241 Å². The van der Waals surface area contributed by atoms with Gasteiger partial charge in [-0.15, -0.1) is 0 Å². The molecule has 4 atom stereocenters. The first-order chi connectivity index (χ1) is 17.4. The van der Waals surface area contributed by atoms with E-state index in [1.165, 1.54) is 6.92 Å². The Morgan fingerprint density at radius 2 is 1.54 bits per heavy atom. The van der Waals surface area contributed by atoms with Gasteiger partial charge in [-0.05, 0) is 25.0 Å². The van der Waals surface area contributed by atoms with E-state index >= 15 is 0 Å². The van der Waals surface area contributed by atoms with Crippen LogP contribution in [0.25, 0.3) is 10.9 Å². The largest absolute Gasteiger partial charge is 0.481 e. The quantitative estimate of drug-likeness (QED) is 0.150. The number of carbonyl (C=O) groups excluding carboxylic acids is 3. The number of carbonyl (C=O) groups is 6. The highest BCUT2D eigenvalue weighted by Gasteiger charge is 2.30. The van der Waals surface area contributed by atoms with Gasteiger partial charge in [-0.1, -0.05) is 18.2 Å². The van der Waals surface area contributed by atoms with Gasteiger partial charge in [0.15, 0.2) is 0 Å². The molecular weight excluding hydrogens is 490 g/mol. The normalized spacial score (nSPS) is 14.1. The molecule has 200 valence electrons. The fraction of sp³-hybridized carbons (Fsp3) is 0.391. The van der Waals surface area contributed by atoms with E-state index in [2.05, 4.69) is 15.6 Å². The fourth-order valence-electron chi connectivity index (χ4n) is 3.47. The molecule has 0 fully saturated rings. The summed E-state index contributed by atoms with van der Waals surface area (Å²) < 4.78 is 0. The number of carboxylic acid groups (broad SMARTS) is 3. The number of aromatic amines is 1. The smallest absolute Gasteiger partial charge is 0.326 e. The highest BCUT2D eigenvalue weighted by Crippen LogP contribution is 2.19. The van der Waals surface area contributed by atoms with E-state index in [-0.39, 0.29) is 19.3 Å². The number of amides is 3. The minimum absolute atomic E-state index is 0.0155. The van der Waals surface area contributed by atoms with Crippen LogP contribution in [0.3, 0.4) is 0 Å². The third-order valence-electron chi connectivity index (χ3n) is 5.48. The molecule has 0 bridgehead atoms. The lowest BCUT2D eigenvalue weighted by Gasteiger charge is -2.23. The molecule has 0 saturated carbocycles. The standard InChI is InChI=1S/C23H29N5O9/c1-11(20(33)28-17(23(36)37)9-19(31)32)26-22(35)16(27-21(34)14(24)6-7-18(29)30)8-12-10-25-15-5-3-2-4-13(12)15/h2-5,10-11,14,16-17,25H,6-9,24H2,1H3,(H,26,35)(H,27,34)(H,28,33)(H,29,30)(H,31,32)(H,36,37). The van der Waals surface area contributed by atoms with Crippen molar-refractivity contribution in [3.63, 3.8) is 0 Å². The molecule has 1 heterocycles. The van der Waals surface area contributed by atoms with Crippen molar-refractivity contribution in [3.8, 4) is 0 Å². The number of carboxylic acids is 3. The Kier molecular flexibility index (Phi) is 10.1. The van der Waals surface area contributed by atoms with Crippen molar-refractivity contribution in [2.75, 3.05) is 0 Å². The van der Waals surface area contributed by atoms with E-state index in [0.29, 0.717) is 5.56 Å². The van der Waals surface area contributed by atoms with Crippen molar-refractivity contribution in [2.45, 2.75) is 56.8 Å². The summed E-state index contributed by atoms with van der Waals surface area (Å²) in [7, 11) is 0. The van der Waals surface area contributed by atoms with Crippen LogP contribution in [0.2, 0.25) is 0 Å². The molecule has 1 aromatic carbocycles. The Bertz CT molecular complexity index is 1180. The lowest BCUT2D eigenvalue weighted by Crippen LogP contribution is -2.57. The molecule has 37 heavy (non-hydrogen) atoms. The number of nitrogens with one attached hydrogen (secondary N) is 4. The molecule has 1 aromatic heterocycles. The number of fused-ring (bicyclic) bond motifs is 1. The zero-order chi connectivity index (χ0) is 27.7. The highest BCUT2D eigenvalue weighted by atomic mass is 16.4. The Hall–Kier alpha value is -4.46. The van der Waals surface area contributed by atoms with Gasteiger partial charge in [-0.25, -0.2) is 4.79 Å². The number of nitrogens with two attached hydrogens (primary N) is 1. The van der Waals surface area contributed by atoms with Crippen LogP contribution in [0, 0.1) is 0 Å². The molecule has 0 aliphatic carbocycles. The molecule has 0 saturated heterocycles. The van der Waals surface area contributed by atoms with Gasteiger partial charge in [0, 0.05) is 29.9 Å². The van der Waals surface area contributed by atoms with E-state index in [9.17, 15) is 28.8 Å². The molecular formula is C23H29N5O9. The van der Waals surface area contributed by atoms with Crippen LogP contribution in [0.4, 0.5) is 0 Å². The van der Waals surface area contributed by atoms with Crippen LogP contribution in [0.1, 0.15) is 31.7 Å². The number of aromatic nitrogens is 1. The maximum atomic E-state index is 13.1. The Labute approximate surface area is 210 Å². The zero-order valence-electron chi connectivity index (χ0n) is 19.9. The van der Waals surface area contributed by atoms with E-state index in [0.717, 1.165) is 10.9 Å². The van der Waals surface area contributed by atoms with Crippen LogP contribution < -0.4 is 21.7 Å². The number of benzene rings is 1. The SMILES string of the molecule is CC(NC(=O)C(Cc1c[nH]c2ccccc12)NC(=O)C(N)CCC(=O)O)C(=O)NC(CC(=O)O)C(=O)O. The summed E-state index contributed by atoms with van der Waals surface area (Å²) in [4.78, 5) is 74.0. The first-order valence-electron chi connectivity index (χ1n) is 11.3. The average molecular weight is 520 g/mol. The highest BCUT2D eigenvalue weighted by molar-refractivity contribution is 5.95. The number of hydrogen-bond acceptors (Lipinski definition) is 7. The Morgan fingerprint density at radius 3 is 2.16 bits per heavy atom. The lowest BCUT2D eigenvalue weighted by atomic mass is 10.0. The fourth-order valence-corrected chi connectivity index (χ4v) is 3.47. The summed E-state index contributed by atoms with van der Waals surface area (Å²) in [5, 5.41) is 34.5. The number of hydrogen-bond donors (Lipinski definition) is 8. The van der Waals surface area contributed by atoms with Crippen molar-refractivity contribution < 1.29 is 44.1 Å². The van der Waals surface area contributed by atoms with Gasteiger partial charge in [-0.3, -0.25) is 24.0 Å². The van der Waals surface area contributed by atoms with Crippen LogP contribution in [0.5, 0.6) is 0 Å². The molecule has 14 heteroatoms. The van der Waals surface area contributed by atoms with Crippen molar-refractivity contribution in [3.05, 3.63) is 36.0 Å². The van der Waals surface area contributed by atoms with Gasteiger partial charge in [-0.2, -0.15) is 0 Å². The molecule has 0 aliphatic heterocycles. The Balaban J connectivity index is 2.18. The van der Waals surface area contributed by atoms with Gasteiger partial charge in [0.25, 0.3) is 0 Å². The van der Waals surface area contributed by atoms with Gasteiger partial charge in [0.2, 0.25) is 17.7 Å². The van der Waals surface area contributed by atoms with Gasteiger partial charge >= 0.3 is 17.9 Å². The summed E-state index contributed by atoms with van der Waals surface area (Å²) >= 11 is 0. The second-order valence-corrected chi connectivity index (χ2v) is 8.39. The first-order valence-corrected chi connectivity index (χ1v) is 11.3. The van der Waals surface area contributed by atoms with E-state index in [4.69, 9.17) is 21.1 Å². The monoisotopic (exact) mass is 519 g/mol. The maximum Gasteiger partial charge on any atom is 0.326 e. The van der Waals surface area contributed by atoms with Gasteiger partial charge in [0.05, 0.1) is 12.5 Å². The van der Waals surface area contributed by atoms with Crippen molar-refractivity contribution in [2.24, 2.45) is 5.73 Å². The summed E-state index contributed by atoms with van der Waals surface area (Å²) in [6, 6.07) is 1.79. The zero-order valence-corrected chi connectivity index (χ0v) is 19.9. The second kappa shape index (κ2) is 13.0. The number of rotatable bonds is 14. The minimum atomic E-state index is -1.71. The second-order valence-electron chi connectivity index (χ2n) is 8.39. The molecule has 0 radical (unpaired) electrons. The van der Waals surface area contributed by atoms with Crippen LogP contribution >= 0.6 is 0 Å². The summed E-state index contributed by atoms with van der Waals surface area (Å²) in [5.41, 5.74) is 7.22.